The molecule has 1 aromatic carbocycles. The molecule has 0 aliphatic heterocycles. The molecule has 0 atom stereocenters. The minimum atomic E-state index is -1.41. The van der Waals surface area contributed by atoms with E-state index < -0.39 is 23.0 Å². The van der Waals surface area contributed by atoms with Gasteiger partial charge in [0.2, 0.25) is 5.76 Å². The van der Waals surface area contributed by atoms with Crippen LogP contribution in [0.5, 0.6) is 5.75 Å². The lowest BCUT2D eigenvalue weighted by Gasteiger charge is -2.05. The van der Waals surface area contributed by atoms with E-state index in [0.717, 1.165) is 12.1 Å². The number of halogens is 1. The van der Waals surface area contributed by atoms with E-state index >= 15 is 0 Å². The number of hydrogen-bond donors (Lipinski definition) is 1. The highest BCUT2D eigenvalue weighted by Gasteiger charge is 2.16. The summed E-state index contributed by atoms with van der Waals surface area (Å²) in [5, 5.41) is 8.80. The number of carbonyl (C=O) groups is 1. The number of rotatable bonds is 2. The Bertz CT molecular complexity index is 659. The van der Waals surface area contributed by atoms with Crippen LogP contribution in [-0.4, -0.2) is 18.2 Å². The lowest BCUT2D eigenvalue weighted by Crippen LogP contribution is -2.07. The van der Waals surface area contributed by atoms with Crippen LogP contribution in [0.25, 0.3) is 11.0 Å². The van der Waals surface area contributed by atoms with E-state index in [1.54, 1.807) is 0 Å². The van der Waals surface area contributed by atoms with Crippen LogP contribution >= 0.6 is 0 Å². The van der Waals surface area contributed by atoms with Gasteiger partial charge in [0.05, 0.1) is 12.5 Å². The van der Waals surface area contributed by atoms with Crippen molar-refractivity contribution in [2.75, 3.05) is 7.11 Å². The van der Waals surface area contributed by atoms with Crippen molar-refractivity contribution in [3.05, 3.63) is 40.0 Å². The van der Waals surface area contributed by atoms with Crippen molar-refractivity contribution < 1.29 is 23.4 Å². The Morgan fingerprint density at radius 3 is 2.76 bits per heavy atom. The van der Waals surface area contributed by atoms with Gasteiger partial charge in [0.25, 0.3) is 0 Å². The molecule has 0 aliphatic carbocycles. The van der Waals surface area contributed by atoms with Crippen LogP contribution in [0, 0.1) is 5.82 Å². The third-order valence-electron chi connectivity index (χ3n) is 2.22. The number of hydrogen-bond acceptors (Lipinski definition) is 4. The molecule has 0 saturated carbocycles. The number of carboxylic acids is 1. The molecule has 88 valence electrons. The number of aromatic carboxylic acids is 1. The van der Waals surface area contributed by atoms with E-state index in [1.807, 2.05) is 0 Å². The molecule has 17 heavy (non-hydrogen) atoms. The zero-order valence-electron chi connectivity index (χ0n) is 8.69. The van der Waals surface area contributed by atoms with Gasteiger partial charge < -0.3 is 14.3 Å². The van der Waals surface area contributed by atoms with Gasteiger partial charge in [-0.1, -0.05) is 0 Å². The van der Waals surface area contributed by atoms with Crippen molar-refractivity contribution in [2.45, 2.75) is 0 Å². The standard InChI is InChI=1S/C11H7FO5/c1-16-10-6(12)3-2-5-7(13)4-8(11(14)15)17-9(5)10/h2-4H,1H3,(H,14,15). The second-order valence-electron chi connectivity index (χ2n) is 3.24. The third kappa shape index (κ3) is 1.73. The normalized spacial score (nSPS) is 10.5. The first kappa shape index (κ1) is 11.1. The number of ether oxygens (including phenoxy) is 1. The maximum atomic E-state index is 13.3. The van der Waals surface area contributed by atoms with Crippen LogP contribution in [0.15, 0.2) is 27.4 Å². The quantitative estimate of drug-likeness (QED) is 0.860. The van der Waals surface area contributed by atoms with Crippen LogP contribution < -0.4 is 10.2 Å². The van der Waals surface area contributed by atoms with Gasteiger partial charge in [-0.3, -0.25) is 4.79 Å². The van der Waals surface area contributed by atoms with Crippen molar-refractivity contribution in [2.24, 2.45) is 0 Å². The van der Waals surface area contributed by atoms with Crippen LogP contribution in [0.4, 0.5) is 4.39 Å². The molecule has 1 N–H and O–H groups in total. The molecule has 1 aromatic heterocycles. The molecule has 0 fully saturated rings. The second kappa shape index (κ2) is 3.89. The van der Waals surface area contributed by atoms with Gasteiger partial charge in [-0.25, -0.2) is 9.18 Å². The lowest BCUT2D eigenvalue weighted by molar-refractivity contribution is 0.0662. The van der Waals surface area contributed by atoms with Gasteiger partial charge in [-0.05, 0) is 12.1 Å². The Labute approximate surface area is 94.0 Å². The van der Waals surface area contributed by atoms with E-state index in [-0.39, 0.29) is 16.7 Å². The van der Waals surface area contributed by atoms with E-state index in [1.165, 1.54) is 13.2 Å². The predicted molar refractivity (Wildman–Crippen MR) is 56.0 cm³/mol. The Hall–Kier alpha value is -2.37. The van der Waals surface area contributed by atoms with E-state index in [0.29, 0.717) is 0 Å². The van der Waals surface area contributed by atoms with Gasteiger partial charge in [0.1, 0.15) is 0 Å². The Balaban J connectivity index is 2.93. The predicted octanol–water partition coefficient (Wildman–Crippen LogP) is 1.64. The highest BCUT2D eigenvalue weighted by molar-refractivity contribution is 5.89. The largest absolute Gasteiger partial charge is 0.490 e. The summed E-state index contributed by atoms with van der Waals surface area (Å²) in [4.78, 5) is 22.3. The molecule has 0 unspecified atom stereocenters. The van der Waals surface area contributed by atoms with Gasteiger partial charge in [0.15, 0.2) is 22.6 Å². The summed E-state index contributed by atoms with van der Waals surface area (Å²) in [7, 11) is 1.20. The first-order chi connectivity index (χ1) is 8.04. The first-order valence-electron chi connectivity index (χ1n) is 4.58. The zero-order valence-corrected chi connectivity index (χ0v) is 8.69. The Kier molecular flexibility index (Phi) is 2.55. The monoisotopic (exact) mass is 238 g/mol. The molecular weight excluding hydrogens is 231 g/mol. The van der Waals surface area contributed by atoms with Gasteiger partial charge >= 0.3 is 5.97 Å². The van der Waals surface area contributed by atoms with Crippen LogP contribution in [-0.2, 0) is 0 Å². The maximum Gasteiger partial charge on any atom is 0.371 e. The summed E-state index contributed by atoms with van der Waals surface area (Å²) in [5.74, 6) is -2.99. The fraction of sp³-hybridized carbons (Fsp3) is 0.0909. The fourth-order valence-corrected chi connectivity index (χ4v) is 1.47. The first-order valence-corrected chi connectivity index (χ1v) is 4.58. The summed E-state index contributed by atoms with van der Waals surface area (Å²) in [6, 6.07) is 3.10. The molecule has 6 heteroatoms. The molecule has 0 amide bonds. The maximum absolute atomic E-state index is 13.3. The van der Waals surface area contributed by atoms with E-state index in [9.17, 15) is 14.0 Å². The Morgan fingerprint density at radius 2 is 2.18 bits per heavy atom. The number of carboxylic acid groups (broad SMARTS) is 1. The highest BCUT2D eigenvalue weighted by atomic mass is 19.1. The van der Waals surface area contributed by atoms with Crippen molar-refractivity contribution in [1.82, 2.24) is 0 Å². The summed E-state index contributed by atoms with van der Waals surface area (Å²) < 4.78 is 23.0. The van der Waals surface area contributed by atoms with Gasteiger partial charge in [0, 0.05) is 6.07 Å². The number of methoxy groups -OCH3 is 1. The summed E-state index contributed by atoms with van der Waals surface area (Å²) >= 11 is 0. The summed E-state index contributed by atoms with van der Waals surface area (Å²) in [6.45, 7) is 0. The van der Waals surface area contributed by atoms with Crippen molar-refractivity contribution >= 4 is 16.9 Å². The molecule has 0 saturated heterocycles. The minimum Gasteiger partial charge on any atom is -0.490 e. The molecule has 0 spiro atoms. The zero-order chi connectivity index (χ0) is 12.6. The number of fused-ring (bicyclic) bond motifs is 1. The molecular formula is C11H7FO5. The van der Waals surface area contributed by atoms with Crippen molar-refractivity contribution in [3.63, 3.8) is 0 Å². The molecule has 0 radical (unpaired) electrons. The molecule has 2 rings (SSSR count). The van der Waals surface area contributed by atoms with Crippen LogP contribution in [0.3, 0.4) is 0 Å². The highest BCUT2D eigenvalue weighted by Crippen LogP contribution is 2.27. The van der Waals surface area contributed by atoms with Crippen molar-refractivity contribution in [1.29, 1.82) is 0 Å². The van der Waals surface area contributed by atoms with E-state index in [2.05, 4.69) is 0 Å². The van der Waals surface area contributed by atoms with E-state index in [4.69, 9.17) is 14.3 Å². The minimum absolute atomic E-state index is 0.0632. The molecule has 0 bridgehead atoms. The topological polar surface area (TPSA) is 76.7 Å². The smallest absolute Gasteiger partial charge is 0.371 e. The SMILES string of the molecule is COc1c(F)ccc2c(=O)cc(C(=O)O)oc12. The Morgan fingerprint density at radius 1 is 1.47 bits per heavy atom. The lowest BCUT2D eigenvalue weighted by atomic mass is 10.2. The molecule has 0 aliphatic rings. The number of benzene rings is 1. The van der Waals surface area contributed by atoms with Gasteiger partial charge in [-0.2, -0.15) is 0 Å². The van der Waals surface area contributed by atoms with Crippen LogP contribution in [0.2, 0.25) is 0 Å². The second-order valence-corrected chi connectivity index (χ2v) is 3.24. The molecule has 2 aromatic rings. The summed E-state index contributed by atoms with van der Waals surface area (Å²) in [5.41, 5.74) is -0.778. The average Bonchev–Trinajstić information content (AvgIpc) is 2.28. The average molecular weight is 238 g/mol. The third-order valence-corrected chi connectivity index (χ3v) is 2.22. The fourth-order valence-electron chi connectivity index (χ4n) is 1.47. The molecule has 1 heterocycles. The summed E-state index contributed by atoms with van der Waals surface area (Å²) in [6.07, 6.45) is 0. The van der Waals surface area contributed by atoms with Crippen molar-refractivity contribution in [3.8, 4) is 5.75 Å². The van der Waals surface area contributed by atoms with Gasteiger partial charge in [-0.15, -0.1) is 0 Å². The molecule has 5 nitrogen and oxygen atoms in total. The van der Waals surface area contributed by atoms with Crippen LogP contribution in [0.1, 0.15) is 10.6 Å².